The zero-order valence-electron chi connectivity index (χ0n) is 15.2. The molecule has 3 heterocycles. The Bertz CT molecular complexity index is 1220. The molecule has 0 saturated carbocycles. The SMILES string of the molecule is O=C1OC(c2ccccc2)=NC1=Cc1cn(-c2ccccc2)nc1-c1cccs1. The van der Waals surface area contributed by atoms with Crippen LogP contribution in [0.5, 0.6) is 0 Å². The number of esters is 1. The van der Waals surface area contributed by atoms with E-state index in [0.29, 0.717) is 5.90 Å². The Hall–Kier alpha value is -3.77. The van der Waals surface area contributed by atoms with E-state index in [-0.39, 0.29) is 5.70 Å². The van der Waals surface area contributed by atoms with Gasteiger partial charge in [0.25, 0.3) is 0 Å². The normalized spacial score (nSPS) is 14.8. The molecule has 0 saturated heterocycles. The fraction of sp³-hybridized carbons (Fsp3) is 0. The van der Waals surface area contributed by atoms with E-state index >= 15 is 0 Å². The Labute approximate surface area is 171 Å². The molecule has 2 aromatic carbocycles. The first-order valence-electron chi connectivity index (χ1n) is 9.05. The molecule has 4 aromatic rings. The zero-order chi connectivity index (χ0) is 19.6. The first kappa shape index (κ1) is 17.3. The summed E-state index contributed by atoms with van der Waals surface area (Å²) < 4.78 is 7.18. The summed E-state index contributed by atoms with van der Waals surface area (Å²) in [5.74, 6) is -0.150. The summed E-state index contributed by atoms with van der Waals surface area (Å²) in [5, 5.41) is 6.75. The van der Waals surface area contributed by atoms with Crippen LogP contribution in [0.1, 0.15) is 11.1 Å². The smallest absolute Gasteiger partial charge is 0.363 e. The second kappa shape index (κ2) is 7.33. The van der Waals surface area contributed by atoms with E-state index in [2.05, 4.69) is 4.99 Å². The van der Waals surface area contributed by atoms with Gasteiger partial charge in [-0.25, -0.2) is 14.5 Å². The lowest BCUT2D eigenvalue weighted by Gasteiger charge is -1.99. The van der Waals surface area contributed by atoms with E-state index in [4.69, 9.17) is 9.84 Å². The molecule has 0 N–H and O–H groups in total. The molecule has 0 aliphatic carbocycles. The van der Waals surface area contributed by atoms with Crippen LogP contribution in [0.3, 0.4) is 0 Å². The lowest BCUT2D eigenvalue weighted by atomic mass is 10.2. The van der Waals surface area contributed by atoms with Gasteiger partial charge in [0.2, 0.25) is 5.90 Å². The number of thiophene rings is 1. The van der Waals surface area contributed by atoms with Crippen LogP contribution >= 0.6 is 11.3 Å². The van der Waals surface area contributed by atoms with E-state index in [0.717, 1.165) is 27.4 Å². The molecule has 29 heavy (non-hydrogen) atoms. The van der Waals surface area contributed by atoms with Crippen LogP contribution in [0, 0.1) is 0 Å². The van der Waals surface area contributed by atoms with Crippen LogP contribution in [-0.4, -0.2) is 21.6 Å². The highest BCUT2D eigenvalue weighted by Crippen LogP contribution is 2.30. The summed E-state index contributed by atoms with van der Waals surface area (Å²) in [6, 6.07) is 23.2. The third kappa shape index (κ3) is 3.41. The number of nitrogens with zero attached hydrogens (tertiary/aromatic N) is 3. The summed E-state index contributed by atoms with van der Waals surface area (Å²) in [6.07, 6.45) is 3.64. The summed E-state index contributed by atoms with van der Waals surface area (Å²) in [4.78, 5) is 17.8. The lowest BCUT2D eigenvalue weighted by Crippen LogP contribution is -2.04. The maximum Gasteiger partial charge on any atom is 0.363 e. The average Bonchev–Trinajstić information content (AvgIpc) is 3.50. The van der Waals surface area contributed by atoms with Crippen LogP contribution in [0.2, 0.25) is 0 Å². The number of para-hydroxylation sites is 1. The first-order chi connectivity index (χ1) is 14.3. The summed E-state index contributed by atoms with van der Waals surface area (Å²) in [7, 11) is 0. The van der Waals surface area contributed by atoms with Crippen molar-refractivity contribution in [2.45, 2.75) is 0 Å². The van der Waals surface area contributed by atoms with E-state index in [1.54, 1.807) is 17.4 Å². The van der Waals surface area contributed by atoms with Gasteiger partial charge in [0.1, 0.15) is 5.69 Å². The fourth-order valence-corrected chi connectivity index (χ4v) is 3.80. The van der Waals surface area contributed by atoms with Crippen molar-refractivity contribution in [3.8, 4) is 16.3 Å². The van der Waals surface area contributed by atoms with Gasteiger partial charge in [-0.3, -0.25) is 0 Å². The van der Waals surface area contributed by atoms with Crippen molar-refractivity contribution in [1.29, 1.82) is 0 Å². The number of benzene rings is 2. The molecule has 0 fully saturated rings. The minimum absolute atomic E-state index is 0.259. The number of cyclic esters (lactones) is 1. The Balaban J connectivity index is 1.59. The number of aromatic nitrogens is 2. The van der Waals surface area contributed by atoms with Crippen LogP contribution < -0.4 is 0 Å². The molecule has 2 aromatic heterocycles. The number of rotatable bonds is 4. The molecule has 5 rings (SSSR count). The van der Waals surface area contributed by atoms with Crippen molar-refractivity contribution in [3.63, 3.8) is 0 Å². The second-order valence-corrected chi connectivity index (χ2v) is 7.34. The Morgan fingerprint density at radius 1 is 0.931 bits per heavy atom. The van der Waals surface area contributed by atoms with Crippen molar-refractivity contribution in [2.24, 2.45) is 4.99 Å². The second-order valence-electron chi connectivity index (χ2n) is 6.39. The highest BCUT2D eigenvalue weighted by Gasteiger charge is 2.25. The van der Waals surface area contributed by atoms with Gasteiger partial charge >= 0.3 is 5.97 Å². The van der Waals surface area contributed by atoms with Crippen LogP contribution in [0.25, 0.3) is 22.3 Å². The largest absolute Gasteiger partial charge is 0.402 e. The van der Waals surface area contributed by atoms with Gasteiger partial charge in [-0.05, 0) is 41.8 Å². The average molecular weight is 397 g/mol. The highest BCUT2D eigenvalue weighted by atomic mass is 32.1. The highest BCUT2D eigenvalue weighted by molar-refractivity contribution is 7.13. The van der Waals surface area contributed by atoms with Gasteiger partial charge in [-0.15, -0.1) is 11.3 Å². The number of hydrogen-bond donors (Lipinski definition) is 0. The predicted molar refractivity (Wildman–Crippen MR) is 114 cm³/mol. The van der Waals surface area contributed by atoms with Gasteiger partial charge in [-0.2, -0.15) is 5.10 Å². The van der Waals surface area contributed by atoms with Crippen molar-refractivity contribution < 1.29 is 9.53 Å². The molecule has 0 radical (unpaired) electrons. The molecule has 6 heteroatoms. The summed E-state index contributed by atoms with van der Waals surface area (Å²) in [5.41, 5.74) is 3.57. The zero-order valence-corrected chi connectivity index (χ0v) is 16.0. The van der Waals surface area contributed by atoms with Gasteiger partial charge in [0.15, 0.2) is 5.70 Å². The monoisotopic (exact) mass is 397 g/mol. The number of ether oxygens (including phenoxy) is 1. The molecule has 0 atom stereocenters. The number of carbonyl (C=O) groups is 1. The molecule has 0 amide bonds. The molecular weight excluding hydrogens is 382 g/mol. The van der Waals surface area contributed by atoms with Crippen LogP contribution in [0.4, 0.5) is 0 Å². The topological polar surface area (TPSA) is 56.5 Å². The molecule has 1 aliphatic heterocycles. The quantitative estimate of drug-likeness (QED) is 0.362. The van der Waals surface area contributed by atoms with Crippen LogP contribution in [-0.2, 0) is 9.53 Å². The van der Waals surface area contributed by atoms with Crippen molar-refractivity contribution >= 4 is 29.3 Å². The van der Waals surface area contributed by atoms with E-state index in [9.17, 15) is 4.79 Å². The van der Waals surface area contributed by atoms with Gasteiger partial charge in [0.05, 0.1) is 10.6 Å². The maximum atomic E-state index is 12.4. The third-order valence-corrected chi connectivity index (χ3v) is 5.33. The molecule has 0 unspecified atom stereocenters. The number of aliphatic imine (C=N–C) groups is 1. The van der Waals surface area contributed by atoms with Crippen molar-refractivity contribution in [1.82, 2.24) is 9.78 Å². The fourth-order valence-electron chi connectivity index (χ4n) is 3.07. The lowest BCUT2D eigenvalue weighted by molar-refractivity contribution is -0.129. The number of hydrogen-bond acceptors (Lipinski definition) is 5. The molecule has 5 nitrogen and oxygen atoms in total. The van der Waals surface area contributed by atoms with Crippen LogP contribution in [0.15, 0.2) is 95.1 Å². The summed E-state index contributed by atoms with van der Waals surface area (Å²) >= 11 is 1.60. The summed E-state index contributed by atoms with van der Waals surface area (Å²) in [6.45, 7) is 0. The Morgan fingerprint density at radius 2 is 1.69 bits per heavy atom. The first-order valence-corrected chi connectivity index (χ1v) is 9.93. The minimum Gasteiger partial charge on any atom is -0.402 e. The molecule has 0 spiro atoms. The van der Waals surface area contributed by atoms with Gasteiger partial charge < -0.3 is 4.74 Å². The minimum atomic E-state index is -0.464. The van der Waals surface area contributed by atoms with E-state index in [1.165, 1.54) is 0 Å². The molecule has 0 bridgehead atoms. The number of carbonyl (C=O) groups excluding carboxylic acids is 1. The molecular formula is C23H15N3O2S. The van der Waals surface area contributed by atoms with Gasteiger partial charge in [-0.1, -0.05) is 42.5 Å². The molecule has 1 aliphatic rings. The van der Waals surface area contributed by atoms with Crippen molar-refractivity contribution in [2.75, 3.05) is 0 Å². The Kier molecular flexibility index (Phi) is 4.38. The Morgan fingerprint density at radius 3 is 2.41 bits per heavy atom. The van der Waals surface area contributed by atoms with E-state index in [1.807, 2.05) is 89.1 Å². The van der Waals surface area contributed by atoms with Gasteiger partial charge in [0, 0.05) is 17.3 Å². The third-order valence-electron chi connectivity index (χ3n) is 4.45. The van der Waals surface area contributed by atoms with E-state index < -0.39 is 5.97 Å². The standard InChI is InChI=1S/C23H15N3O2S/c27-23-19(24-22(28-23)16-8-3-1-4-9-16)14-17-15-26(18-10-5-2-6-11-18)25-21(17)20-12-7-13-29-20/h1-15H. The van der Waals surface area contributed by atoms with Crippen molar-refractivity contribution in [3.05, 3.63) is 101 Å². The predicted octanol–water partition coefficient (Wildman–Crippen LogP) is 4.95. The molecule has 140 valence electrons. The maximum absolute atomic E-state index is 12.4.